The number of nitrogens with one attached hydrogen (secondary N) is 2. The highest BCUT2D eigenvalue weighted by molar-refractivity contribution is 7.89. The van der Waals surface area contributed by atoms with Gasteiger partial charge in [0.25, 0.3) is 0 Å². The van der Waals surface area contributed by atoms with Crippen LogP contribution in [-0.2, 0) is 14.8 Å². The number of carbonyl (C=O) groups is 1. The SMILES string of the molecule is CCNS(=O)(=O)CCNC(=O)C(C)(CC)C(N)=S. The van der Waals surface area contributed by atoms with Gasteiger partial charge >= 0.3 is 0 Å². The number of carbonyl (C=O) groups excluding carboxylic acids is 1. The van der Waals surface area contributed by atoms with Crippen molar-refractivity contribution in [2.75, 3.05) is 18.8 Å². The number of hydrogen-bond donors (Lipinski definition) is 3. The van der Waals surface area contributed by atoms with Crippen LogP contribution in [0, 0.1) is 5.41 Å². The summed E-state index contributed by atoms with van der Waals surface area (Å²) in [6.07, 6.45) is 0.466. The van der Waals surface area contributed by atoms with Crippen LogP contribution in [0.3, 0.4) is 0 Å². The van der Waals surface area contributed by atoms with Gasteiger partial charge in [0.1, 0.15) is 0 Å². The lowest BCUT2D eigenvalue weighted by Gasteiger charge is -2.25. The molecule has 0 heterocycles. The third-order valence-corrected chi connectivity index (χ3v) is 4.69. The van der Waals surface area contributed by atoms with E-state index >= 15 is 0 Å². The maximum Gasteiger partial charge on any atom is 0.232 e. The molecule has 6 nitrogen and oxygen atoms in total. The summed E-state index contributed by atoms with van der Waals surface area (Å²) in [5.41, 5.74) is 4.59. The molecule has 0 bridgehead atoms. The monoisotopic (exact) mass is 295 g/mol. The van der Waals surface area contributed by atoms with Crippen LogP contribution in [0.1, 0.15) is 27.2 Å². The molecule has 1 amide bonds. The second-order valence-corrected chi connectivity index (χ2v) is 6.49. The smallest absolute Gasteiger partial charge is 0.232 e. The fourth-order valence-electron chi connectivity index (χ4n) is 1.23. The lowest BCUT2D eigenvalue weighted by atomic mass is 9.86. The van der Waals surface area contributed by atoms with Crippen molar-refractivity contribution in [3.8, 4) is 0 Å². The van der Waals surface area contributed by atoms with Crippen molar-refractivity contribution in [3.05, 3.63) is 0 Å². The Labute approximate surface area is 114 Å². The summed E-state index contributed by atoms with van der Waals surface area (Å²) in [5.74, 6) is -0.506. The highest BCUT2D eigenvalue weighted by Gasteiger charge is 2.34. The van der Waals surface area contributed by atoms with Gasteiger partial charge in [-0.3, -0.25) is 4.79 Å². The average molecular weight is 295 g/mol. The van der Waals surface area contributed by atoms with Crippen molar-refractivity contribution in [1.29, 1.82) is 0 Å². The predicted molar refractivity (Wildman–Crippen MR) is 75.7 cm³/mol. The van der Waals surface area contributed by atoms with Crippen molar-refractivity contribution < 1.29 is 13.2 Å². The molecule has 1 unspecified atom stereocenters. The molecule has 0 aliphatic heterocycles. The van der Waals surface area contributed by atoms with Gasteiger partial charge in [-0.25, -0.2) is 13.1 Å². The minimum Gasteiger partial charge on any atom is -0.392 e. The second-order valence-electron chi connectivity index (χ2n) is 4.12. The Kier molecular flexibility index (Phi) is 6.72. The third-order valence-electron chi connectivity index (χ3n) is 2.77. The van der Waals surface area contributed by atoms with E-state index in [1.807, 2.05) is 0 Å². The predicted octanol–water partition coefficient (Wildman–Crippen LogP) is -0.256. The Hall–Kier alpha value is -0.730. The fourth-order valence-corrected chi connectivity index (χ4v) is 2.42. The number of nitrogens with two attached hydrogens (primary N) is 1. The largest absolute Gasteiger partial charge is 0.392 e. The Morgan fingerprint density at radius 1 is 1.39 bits per heavy atom. The van der Waals surface area contributed by atoms with Gasteiger partial charge in [0.2, 0.25) is 15.9 Å². The summed E-state index contributed by atoms with van der Waals surface area (Å²) < 4.78 is 25.0. The second kappa shape index (κ2) is 7.01. The van der Waals surface area contributed by atoms with Crippen molar-refractivity contribution in [2.45, 2.75) is 27.2 Å². The van der Waals surface area contributed by atoms with Gasteiger partial charge < -0.3 is 11.1 Å². The normalized spacial score (nSPS) is 14.8. The van der Waals surface area contributed by atoms with Crippen LogP contribution >= 0.6 is 12.2 Å². The van der Waals surface area contributed by atoms with Crippen LogP contribution in [-0.4, -0.2) is 38.2 Å². The molecule has 18 heavy (non-hydrogen) atoms. The van der Waals surface area contributed by atoms with Crippen LogP contribution in [0.5, 0.6) is 0 Å². The first kappa shape index (κ1) is 17.3. The Bertz CT molecular complexity index is 409. The molecule has 0 fully saturated rings. The first-order valence-corrected chi connectivity index (χ1v) is 7.81. The van der Waals surface area contributed by atoms with Gasteiger partial charge in [0, 0.05) is 13.1 Å². The van der Waals surface area contributed by atoms with E-state index in [2.05, 4.69) is 10.0 Å². The highest BCUT2D eigenvalue weighted by atomic mass is 32.2. The molecule has 8 heteroatoms. The van der Waals surface area contributed by atoms with Gasteiger partial charge in [-0.2, -0.15) is 0 Å². The number of thiocarbonyl (C=S) groups is 1. The summed E-state index contributed by atoms with van der Waals surface area (Å²) in [6.45, 7) is 5.50. The van der Waals surface area contributed by atoms with Gasteiger partial charge in [0.15, 0.2) is 0 Å². The first-order chi connectivity index (χ1) is 8.19. The maximum atomic E-state index is 11.9. The molecule has 0 aliphatic rings. The van der Waals surface area contributed by atoms with E-state index in [4.69, 9.17) is 18.0 Å². The lowest BCUT2D eigenvalue weighted by molar-refractivity contribution is -0.126. The standard InChI is InChI=1S/C10H21N3O3S2/c1-4-10(3,8(11)17)9(14)12-6-7-18(15,16)13-5-2/h13H,4-7H2,1-3H3,(H2,11,17)(H,12,14). The van der Waals surface area contributed by atoms with Gasteiger partial charge in [0.05, 0.1) is 16.2 Å². The molecule has 0 aromatic rings. The summed E-state index contributed by atoms with van der Waals surface area (Å²) in [4.78, 5) is 12.0. The van der Waals surface area contributed by atoms with Gasteiger partial charge in [-0.05, 0) is 13.3 Å². The molecular formula is C10H21N3O3S2. The molecule has 0 rings (SSSR count). The van der Waals surface area contributed by atoms with E-state index in [0.29, 0.717) is 13.0 Å². The zero-order valence-electron chi connectivity index (χ0n) is 10.9. The Morgan fingerprint density at radius 2 is 1.94 bits per heavy atom. The number of amides is 1. The molecular weight excluding hydrogens is 274 g/mol. The Balaban J connectivity index is 4.40. The first-order valence-electron chi connectivity index (χ1n) is 5.75. The summed E-state index contributed by atoms with van der Waals surface area (Å²) in [6, 6.07) is 0. The molecule has 0 saturated heterocycles. The van der Waals surface area contributed by atoms with Crippen molar-refractivity contribution >= 4 is 33.1 Å². The van der Waals surface area contributed by atoms with E-state index < -0.39 is 15.4 Å². The van der Waals surface area contributed by atoms with Gasteiger partial charge in [-0.15, -0.1) is 0 Å². The summed E-state index contributed by atoms with van der Waals surface area (Å²) in [7, 11) is -3.33. The number of sulfonamides is 1. The average Bonchev–Trinajstić information content (AvgIpc) is 2.26. The minimum absolute atomic E-state index is 0.0341. The van der Waals surface area contributed by atoms with Gasteiger partial charge in [-0.1, -0.05) is 26.1 Å². The van der Waals surface area contributed by atoms with E-state index in [0.717, 1.165) is 0 Å². The topological polar surface area (TPSA) is 101 Å². The fraction of sp³-hybridized carbons (Fsp3) is 0.800. The summed E-state index contributed by atoms with van der Waals surface area (Å²) >= 11 is 4.86. The van der Waals surface area contributed by atoms with Crippen molar-refractivity contribution in [1.82, 2.24) is 10.0 Å². The van der Waals surface area contributed by atoms with E-state index in [-0.39, 0.29) is 23.2 Å². The Morgan fingerprint density at radius 3 is 2.33 bits per heavy atom. The lowest BCUT2D eigenvalue weighted by Crippen LogP contribution is -2.48. The van der Waals surface area contributed by atoms with Crippen LogP contribution in [0.4, 0.5) is 0 Å². The van der Waals surface area contributed by atoms with Crippen molar-refractivity contribution in [3.63, 3.8) is 0 Å². The zero-order valence-corrected chi connectivity index (χ0v) is 12.6. The van der Waals surface area contributed by atoms with Crippen LogP contribution in [0.2, 0.25) is 0 Å². The van der Waals surface area contributed by atoms with Crippen LogP contribution in [0.25, 0.3) is 0 Å². The molecule has 0 aromatic carbocycles. The van der Waals surface area contributed by atoms with E-state index in [1.165, 1.54) is 0 Å². The molecule has 0 aromatic heterocycles. The van der Waals surface area contributed by atoms with Crippen molar-refractivity contribution in [2.24, 2.45) is 11.1 Å². The van der Waals surface area contributed by atoms with E-state index in [1.54, 1.807) is 20.8 Å². The van der Waals surface area contributed by atoms with Crippen LogP contribution in [0.15, 0.2) is 0 Å². The molecule has 0 radical (unpaired) electrons. The summed E-state index contributed by atoms with van der Waals surface area (Å²) in [5, 5.41) is 2.54. The zero-order chi connectivity index (χ0) is 14.4. The molecule has 0 spiro atoms. The number of hydrogen-bond acceptors (Lipinski definition) is 4. The minimum atomic E-state index is -3.33. The molecule has 0 aliphatic carbocycles. The highest BCUT2D eigenvalue weighted by Crippen LogP contribution is 2.21. The molecule has 0 saturated carbocycles. The van der Waals surface area contributed by atoms with E-state index in [9.17, 15) is 13.2 Å². The molecule has 106 valence electrons. The number of rotatable bonds is 8. The molecule has 4 N–H and O–H groups in total. The third kappa shape index (κ3) is 4.87. The maximum absolute atomic E-state index is 11.9. The molecule has 1 atom stereocenters. The quantitative estimate of drug-likeness (QED) is 0.536. The van der Waals surface area contributed by atoms with Crippen LogP contribution < -0.4 is 15.8 Å².